The number of hydrogen-bond donors (Lipinski definition) is 2. The lowest BCUT2D eigenvalue weighted by Gasteiger charge is -2.25. The van der Waals surface area contributed by atoms with Crippen LogP contribution in [0.25, 0.3) is 0 Å². The lowest BCUT2D eigenvalue weighted by atomic mass is 9.96. The van der Waals surface area contributed by atoms with E-state index in [1.165, 1.54) is 0 Å². The zero-order valence-electron chi connectivity index (χ0n) is 12.1. The molecule has 110 valence electrons. The van der Waals surface area contributed by atoms with Gasteiger partial charge in [0.15, 0.2) is 0 Å². The summed E-state index contributed by atoms with van der Waals surface area (Å²) in [4.78, 5) is 12.1. The molecule has 0 spiro atoms. The SMILES string of the molecule is Cc1cccc(C(=O)NCC(C)(O)c2ccccc2Cl)c1. The Morgan fingerprint density at radius 2 is 1.95 bits per heavy atom. The molecule has 0 aliphatic heterocycles. The second-order valence-electron chi connectivity index (χ2n) is 5.31. The summed E-state index contributed by atoms with van der Waals surface area (Å²) in [7, 11) is 0. The Bertz CT molecular complexity index is 653. The van der Waals surface area contributed by atoms with Crippen LogP contribution >= 0.6 is 11.6 Å². The highest BCUT2D eigenvalue weighted by Crippen LogP contribution is 2.27. The van der Waals surface area contributed by atoms with E-state index in [-0.39, 0.29) is 12.5 Å². The Morgan fingerprint density at radius 1 is 1.24 bits per heavy atom. The van der Waals surface area contributed by atoms with Gasteiger partial charge in [-0.2, -0.15) is 0 Å². The lowest BCUT2D eigenvalue weighted by molar-refractivity contribution is 0.0527. The Morgan fingerprint density at radius 3 is 2.62 bits per heavy atom. The van der Waals surface area contributed by atoms with Gasteiger partial charge in [-0.15, -0.1) is 0 Å². The van der Waals surface area contributed by atoms with Crippen molar-refractivity contribution in [3.05, 3.63) is 70.2 Å². The third kappa shape index (κ3) is 3.84. The summed E-state index contributed by atoms with van der Waals surface area (Å²) in [5.74, 6) is -0.217. The van der Waals surface area contributed by atoms with Gasteiger partial charge in [0.1, 0.15) is 5.60 Å². The van der Waals surface area contributed by atoms with Gasteiger partial charge in [-0.3, -0.25) is 4.79 Å². The first-order valence-corrected chi connectivity index (χ1v) is 7.10. The average Bonchev–Trinajstić information content (AvgIpc) is 2.45. The monoisotopic (exact) mass is 303 g/mol. The zero-order valence-corrected chi connectivity index (χ0v) is 12.8. The lowest BCUT2D eigenvalue weighted by Crippen LogP contribution is -2.38. The molecule has 0 aliphatic carbocycles. The minimum absolute atomic E-state index is 0.0868. The molecule has 2 rings (SSSR count). The molecule has 0 saturated heterocycles. The van der Waals surface area contributed by atoms with E-state index < -0.39 is 5.60 Å². The van der Waals surface area contributed by atoms with Crippen molar-refractivity contribution in [1.82, 2.24) is 5.32 Å². The maximum atomic E-state index is 12.1. The summed E-state index contributed by atoms with van der Waals surface area (Å²) in [5.41, 5.74) is 0.958. The summed E-state index contributed by atoms with van der Waals surface area (Å²) in [6.07, 6.45) is 0. The van der Waals surface area contributed by atoms with Crippen molar-refractivity contribution >= 4 is 17.5 Å². The molecular weight excluding hydrogens is 286 g/mol. The molecule has 0 radical (unpaired) electrons. The van der Waals surface area contributed by atoms with Crippen molar-refractivity contribution in [2.24, 2.45) is 0 Å². The molecule has 0 aromatic heterocycles. The predicted molar refractivity (Wildman–Crippen MR) is 84.5 cm³/mol. The molecule has 1 unspecified atom stereocenters. The molecular formula is C17H18ClNO2. The molecule has 2 aromatic rings. The fourth-order valence-electron chi connectivity index (χ4n) is 2.13. The fraction of sp³-hybridized carbons (Fsp3) is 0.235. The summed E-state index contributed by atoms with van der Waals surface area (Å²) in [6, 6.07) is 14.4. The Kier molecular flexibility index (Phi) is 4.66. The molecule has 0 heterocycles. The topological polar surface area (TPSA) is 49.3 Å². The first-order chi connectivity index (χ1) is 9.90. The minimum Gasteiger partial charge on any atom is -0.384 e. The van der Waals surface area contributed by atoms with Crippen molar-refractivity contribution in [3.63, 3.8) is 0 Å². The first-order valence-electron chi connectivity index (χ1n) is 6.72. The molecule has 1 atom stereocenters. The fourth-order valence-corrected chi connectivity index (χ4v) is 2.47. The van der Waals surface area contributed by atoms with Crippen LogP contribution in [0.3, 0.4) is 0 Å². The summed E-state index contributed by atoms with van der Waals surface area (Å²) >= 11 is 6.09. The van der Waals surface area contributed by atoms with E-state index >= 15 is 0 Å². The number of amides is 1. The van der Waals surface area contributed by atoms with Crippen LogP contribution < -0.4 is 5.32 Å². The van der Waals surface area contributed by atoms with Crippen molar-refractivity contribution in [3.8, 4) is 0 Å². The molecule has 21 heavy (non-hydrogen) atoms. The number of benzene rings is 2. The van der Waals surface area contributed by atoms with Crippen LogP contribution in [0.5, 0.6) is 0 Å². The van der Waals surface area contributed by atoms with Gasteiger partial charge in [0, 0.05) is 16.1 Å². The van der Waals surface area contributed by atoms with Crippen molar-refractivity contribution in [1.29, 1.82) is 0 Å². The van der Waals surface area contributed by atoms with E-state index in [0.29, 0.717) is 16.1 Å². The molecule has 2 N–H and O–H groups in total. The van der Waals surface area contributed by atoms with E-state index in [4.69, 9.17) is 11.6 Å². The maximum absolute atomic E-state index is 12.1. The highest BCUT2D eigenvalue weighted by atomic mass is 35.5. The maximum Gasteiger partial charge on any atom is 0.251 e. The number of rotatable bonds is 4. The number of aryl methyl sites for hydroxylation is 1. The Balaban J connectivity index is 2.08. The van der Waals surface area contributed by atoms with Gasteiger partial charge in [-0.05, 0) is 32.0 Å². The molecule has 4 heteroatoms. The number of aliphatic hydroxyl groups is 1. The quantitative estimate of drug-likeness (QED) is 0.910. The third-order valence-corrected chi connectivity index (χ3v) is 3.66. The summed E-state index contributed by atoms with van der Waals surface area (Å²) in [5, 5.41) is 13.7. The van der Waals surface area contributed by atoms with Crippen LogP contribution in [0, 0.1) is 6.92 Å². The van der Waals surface area contributed by atoms with E-state index in [1.54, 1.807) is 43.3 Å². The second kappa shape index (κ2) is 6.29. The van der Waals surface area contributed by atoms with E-state index in [0.717, 1.165) is 5.56 Å². The zero-order chi connectivity index (χ0) is 15.5. The minimum atomic E-state index is -1.22. The third-order valence-electron chi connectivity index (χ3n) is 3.33. The Hall–Kier alpha value is -1.84. The number of nitrogens with one attached hydrogen (secondary N) is 1. The van der Waals surface area contributed by atoms with Crippen molar-refractivity contribution < 1.29 is 9.90 Å². The molecule has 0 bridgehead atoms. The molecule has 3 nitrogen and oxygen atoms in total. The van der Waals surface area contributed by atoms with E-state index in [2.05, 4.69) is 5.32 Å². The van der Waals surface area contributed by atoms with Crippen LogP contribution in [-0.2, 0) is 5.60 Å². The largest absolute Gasteiger partial charge is 0.384 e. The van der Waals surface area contributed by atoms with Gasteiger partial charge in [0.2, 0.25) is 0 Å². The van der Waals surface area contributed by atoms with Gasteiger partial charge in [-0.25, -0.2) is 0 Å². The van der Waals surface area contributed by atoms with Crippen LogP contribution in [0.2, 0.25) is 5.02 Å². The van der Waals surface area contributed by atoms with Crippen LogP contribution in [-0.4, -0.2) is 17.6 Å². The van der Waals surface area contributed by atoms with Crippen molar-refractivity contribution in [2.75, 3.05) is 6.54 Å². The summed E-state index contributed by atoms with van der Waals surface area (Å²) < 4.78 is 0. The molecule has 1 amide bonds. The number of carbonyl (C=O) groups excluding carboxylic acids is 1. The predicted octanol–water partition coefficient (Wildman–Crippen LogP) is 3.29. The second-order valence-corrected chi connectivity index (χ2v) is 5.71. The van der Waals surface area contributed by atoms with Crippen LogP contribution in [0.15, 0.2) is 48.5 Å². The highest BCUT2D eigenvalue weighted by molar-refractivity contribution is 6.31. The van der Waals surface area contributed by atoms with Crippen LogP contribution in [0.4, 0.5) is 0 Å². The smallest absolute Gasteiger partial charge is 0.251 e. The van der Waals surface area contributed by atoms with Crippen molar-refractivity contribution in [2.45, 2.75) is 19.4 Å². The molecule has 0 aliphatic rings. The van der Waals surface area contributed by atoms with Gasteiger partial charge >= 0.3 is 0 Å². The van der Waals surface area contributed by atoms with Gasteiger partial charge < -0.3 is 10.4 Å². The average molecular weight is 304 g/mol. The molecule has 2 aromatic carbocycles. The number of carbonyl (C=O) groups is 1. The number of hydrogen-bond acceptors (Lipinski definition) is 2. The van der Waals surface area contributed by atoms with Crippen LogP contribution in [0.1, 0.15) is 28.4 Å². The van der Waals surface area contributed by atoms with E-state index in [1.807, 2.05) is 19.1 Å². The van der Waals surface area contributed by atoms with E-state index in [9.17, 15) is 9.90 Å². The van der Waals surface area contributed by atoms with Gasteiger partial charge in [0.05, 0.1) is 6.54 Å². The van der Waals surface area contributed by atoms with Gasteiger partial charge in [0.25, 0.3) is 5.91 Å². The Labute approximate surface area is 129 Å². The first kappa shape index (κ1) is 15.5. The number of halogens is 1. The summed E-state index contributed by atoms with van der Waals surface area (Å²) in [6.45, 7) is 3.64. The standard InChI is InChI=1S/C17H18ClNO2/c1-12-6-5-7-13(10-12)16(20)19-11-17(2,21)14-8-3-4-9-15(14)18/h3-10,21H,11H2,1-2H3,(H,19,20). The highest BCUT2D eigenvalue weighted by Gasteiger charge is 2.26. The van der Waals surface area contributed by atoms with Gasteiger partial charge in [-0.1, -0.05) is 47.5 Å². The normalized spacial score (nSPS) is 13.5. The molecule has 0 fully saturated rings. The molecule has 0 saturated carbocycles.